The first-order valence-electron chi connectivity index (χ1n) is 7.51. The number of nitrogens with one attached hydrogen (secondary N) is 1. The average molecular weight is 327 g/mol. The summed E-state index contributed by atoms with van der Waals surface area (Å²) in [7, 11) is 1.60. The zero-order valence-corrected chi connectivity index (χ0v) is 13.7. The number of methoxy groups -OCH3 is 1. The number of urea groups is 1. The third-order valence-corrected chi connectivity index (χ3v) is 4.51. The van der Waals surface area contributed by atoms with Gasteiger partial charge in [-0.1, -0.05) is 29.8 Å². The van der Waals surface area contributed by atoms with E-state index in [-0.39, 0.29) is 24.2 Å². The van der Waals surface area contributed by atoms with Crippen LogP contribution in [0.5, 0.6) is 0 Å². The molecule has 1 saturated heterocycles. The maximum absolute atomic E-state index is 12.2. The molecule has 1 aliphatic heterocycles. The molecule has 22 heavy (non-hydrogen) atoms. The summed E-state index contributed by atoms with van der Waals surface area (Å²) >= 11 is 6.16. The van der Waals surface area contributed by atoms with Gasteiger partial charge in [-0.3, -0.25) is 0 Å². The summed E-state index contributed by atoms with van der Waals surface area (Å²) in [5.41, 5.74) is 0.857. The number of ether oxygens (including phenoxy) is 1. The van der Waals surface area contributed by atoms with Crippen molar-refractivity contribution >= 4 is 17.6 Å². The van der Waals surface area contributed by atoms with E-state index >= 15 is 0 Å². The molecule has 0 aromatic heterocycles. The number of halogens is 1. The summed E-state index contributed by atoms with van der Waals surface area (Å²) in [6.07, 6.45) is 0.170. The van der Waals surface area contributed by atoms with E-state index in [4.69, 9.17) is 16.3 Å². The van der Waals surface area contributed by atoms with Crippen LogP contribution in [0.4, 0.5) is 4.79 Å². The van der Waals surface area contributed by atoms with Gasteiger partial charge in [-0.2, -0.15) is 0 Å². The van der Waals surface area contributed by atoms with E-state index in [2.05, 4.69) is 5.32 Å². The van der Waals surface area contributed by atoms with Crippen LogP contribution in [0, 0.1) is 5.92 Å². The third kappa shape index (κ3) is 4.12. The molecule has 122 valence electrons. The third-order valence-electron chi connectivity index (χ3n) is 4.17. The number of aliphatic hydroxyl groups excluding tert-OH is 1. The van der Waals surface area contributed by atoms with Crippen molar-refractivity contribution in [3.05, 3.63) is 34.9 Å². The topological polar surface area (TPSA) is 61.8 Å². The Kier molecular flexibility index (Phi) is 6.06. The van der Waals surface area contributed by atoms with E-state index in [1.54, 1.807) is 25.0 Å². The Morgan fingerprint density at radius 2 is 2.27 bits per heavy atom. The lowest BCUT2D eigenvalue weighted by atomic mass is 10.0. The second-order valence-corrected chi connectivity index (χ2v) is 6.07. The van der Waals surface area contributed by atoms with Crippen molar-refractivity contribution in [2.75, 3.05) is 26.7 Å². The Bertz CT molecular complexity index is 510. The van der Waals surface area contributed by atoms with E-state index in [9.17, 15) is 9.90 Å². The Labute approximate surface area is 136 Å². The van der Waals surface area contributed by atoms with Crippen LogP contribution in [0.25, 0.3) is 0 Å². The van der Waals surface area contributed by atoms with E-state index in [0.717, 1.165) is 12.0 Å². The predicted molar refractivity (Wildman–Crippen MR) is 86.0 cm³/mol. The fourth-order valence-corrected chi connectivity index (χ4v) is 2.97. The first-order chi connectivity index (χ1) is 10.5. The zero-order valence-electron chi connectivity index (χ0n) is 13.0. The number of rotatable bonds is 5. The summed E-state index contributed by atoms with van der Waals surface area (Å²) < 4.78 is 5.43. The van der Waals surface area contributed by atoms with Crippen LogP contribution in [0.15, 0.2) is 24.3 Å². The minimum absolute atomic E-state index is 0.128. The van der Waals surface area contributed by atoms with Crippen LogP contribution in [-0.2, 0) is 4.74 Å². The molecule has 0 unspecified atom stereocenters. The van der Waals surface area contributed by atoms with Crippen molar-refractivity contribution in [1.29, 1.82) is 0 Å². The van der Waals surface area contributed by atoms with Gasteiger partial charge in [0.25, 0.3) is 0 Å². The monoisotopic (exact) mass is 326 g/mol. The number of hydrogen-bond acceptors (Lipinski definition) is 3. The van der Waals surface area contributed by atoms with Gasteiger partial charge in [-0.05, 0) is 19.4 Å². The molecule has 1 aromatic carbocycles. The number of carbonyl (C=O) groups excluding carboxylic acids is 1. The van der Waals surface area contributed by atoms with Crippen LogP contribution >= 0.6 is 11.6 Å². The SMILES string of the molecule is CO[C@H](CNC(=O)N1CC[C@H]([C@@H](C)O)C1)c1ccccc1Cl. The van der Waals surface area contributed by atoms with E-state index in [1.807, 2.05) is 18.2 Å². The molecule has 3 atom stereocenters. The number of likely N-dealkylation sites (tertiary alicyclic amines) is 1. The van der Waals surface area contributed by atoms with Gasteiger partial charge < -0.3 is 20.1 Å². The quantitative estimate of drug-likeness (QED) is 0.873. The fourth-order valence-electron chi connectivity index (χ4n) is 2.71. The van der Waals surface area contributed by atoms with Crippen molar-refractivity contribution in [2.45, 2.75) is 25.6 Å². The second kappa shape index (κ2) is 7.81. The smallest absolute Gasteiger partial charge is 0.317 e. The highest BCUT2D eigenvalue weighted by Gasteiger charge is 2.29. The van der Waals surface area contributed by atoms with Crippen LogP contribution < -0.4 is 5.32 Å². The average Bonchev–Trinajstić information content (AvgIpc) is 2.99. The van der Waals surface area contributed by atoms with Gasteiger partial charge in [0, 0.05) is 43.2 Å². The lowest BCUT2D eigenvalue weighted by molar-refractivity contribution is 0.101. The maximum Gasteiger partial charge on any atom is 0.317 e. The Hall–Kier alpha value is -1.30. The van der Waals surface area contributed by atoms with Gasteiger partial charge in [-0.25, -0.2) is 4.79 Å². The Morgan fingerprint density at radius 3 is 2.86 bits per heavy atom. The molecule has 6 heteroatoms. The second-order valence-electron chi connectivity index (χ2n) is 5.67. The minimum atomic E-state index is -0.382. The van der Waals surface area contributed by atoms with Crippen molar-refractivity contribution in [3.8, 4) is 0 Å². The van der Waals surface area contributed by atoms with Crippen molar-refractivity contribution in [2.24, 2.45) is 5.92 Å². The first-order valence-corrected chi connectivity index (χ1v) is 7.88. The summed E-state index contributed by atoms with van der Waals surface area (Å²) in [5, 5.41) is 13.1. The lowest BCUT2D eigenvalue weighted by Crippen LogP contribution is -2.41. The van der Waals surface area contributed by atoms with Crippen LogP contribution in [0.1, 0.15) is 25.0 Å². The molecule has 0 saturated carbocycles. The van der Waals surface area contributed by atoms with Crippen molar-refractivity contribution in [3.63, 3.8) is 0 Å². The highest BCUT2D eigenvalue weighted by atomic mass is 35.5. The number of carbonyl (C=O) groups is 1. The molecule has 0 aliphatic carbocycles. The molecule has 5 nitrogen and oxygen atoms in total. The first kappa shape index (κ1) is 17.1. The normalized spacial score (nSPS) is 20.7. The summed E-state index contributed by atoms with van der Waals surface area (Å²) in [5.74, 6) is 0.160. The molecule has 1 aliphatic rings. The van der Waals surface area contributed by atoms with E-state index in [1.165, 1.54) is 0 Å². The lowest BCUT2D eigenvalue weighted by Gasteiger charge is -2.22. The molecule has 0 radical (unpaired) electrons. The summed E-state index contributed by atoms with van der Waals surface area (Å²) in [6, 6.07) is 7.32. The molecule has 0 bridgehead atoms. The number of amides is 2. The molecule has 1 heterocycles. The van der Waals surface area contributed by atoms with Crippen molar-refractivity contribution in [1.82, 2.24) is 10.2 Å². The van der Waals surface area contributed by atoms with E-state index in [0.29, 0.717) is 24.7 Å². The Morgan fingerprint density at radius 1 is 1.55 bits per heavy atom. The minimum Gasteiger partial charge on any atom is -0.393 e. The highest BCUT2D eigenvalue weighted by Crippen LogP contribution is 2.25. The van der Waals surface area contributed by atoms with Gasteiger partial charge in [0.2, 0.25) is 0 Å². The summed E-state index contributed by atoms with van der Waals surface area (Å²) in [6.45, 7) is 3.39. The number of hydrogen-bond donors (Lipinski definition) is 2. The maximum atomic E-state index is 12.2. The zero-order chi connectivity index (χ0) is 16.1. The van der Waals surface area contributed by atoms with Crippen LogP contribution in [0.3, 0.4) is 0 Å². The van der Waals surface area contributed by atoms with E-state index < -0.39 is 0 Å². The van der Waals surface area contributed by atoms with Gasteiger partial charge in [0.15, 0.2) is 0 Å². The molecule has 2 N–H and O–H groups in total. The van der Waals surface area contributed by atoms with Gasteiger partial charge in [0.1, 0.15) is 6.10 Å². The Balaban J connectivity index is 1.89. The molecule has 1 aromatic rings. The van der Waals surface area contributed by atoms with Gasteiger partial charge in [-0.15, -0.1) is 0 Å². The number of benzene rings is 1. The highest BCUT2D eigenvalue weighted by molar-refractivity contribution is 6.31. The summed E-state index contributed by atoms with van der Waals surface area (Å²) in [4.78, 5) is 13.9. The molecule has 1 fully saturated rings. The van der Waals surface area contributed by atoms with Crippen molar-refractivity contribution < 1.29 is 14.6 Å². The molecule has 0 spiro atoms. The molecular formula is C16H23ClN2O3. The molecule has 2 amide bonds. The van der Waals surface area contributed by atoms with Gasteiger partial charge in [0.05, 0.1) is 6.10 Å². The largest absolute Gasteiger partial charge is 0.393 e. The number of nitrogens with zero attached hydrogens (tertiary/aromatic N) is 1. The fraction of sp³-hybridized carbons (Fsp3) is 0.562. The standard InChI is InChI=1S/C16H23ClN2O3/c1-11(20)12-7-8-19(10-12)16(21)18-9-15(22-2)13-5-3-4-6-14(13)17/h3-6,11-12,15,20H,7-10H2,1-2H3,(H,18,21)/t11-,12+,15-/m1/s1. The predicted octanol–water partition coefficient (Wildman–Crippen LogP) is 2.44. The van der Waals surface area contributed by atoms with Gasteiger partial charge >= 0.3 is 6.03 Å². The van der Waals surface area contributed by atoms with Crippen LogP contribution in [0.2, 0.25) is 5.02 Å². The number of aliphatic hydroxyl groups is 1. The molecule has 2 rings (SSSR count). The molecular weight excluding hydrogens is 304 g/mol. The van der Waals surface area contributed by atoms with Crippen LogP contribution in [-0.4, -0.2) is 48.9 Å².